The van der Waals surface area contributed by atoms with Crippen LogP contribution in [0.2, 0.25) is 0 Å². The Morgan fingerprint density at radius 3 is 2.22 bits per heavy atom. The van der Waals surface area contributed by atoms with Gasteiger partial charge in [-0.05, 0) is 76.3 Å². The van der Waals surface area contributed by atoms with Crippen molar-refractivity contribution in [3.05, 3.63) is 41.5 Å². The normalized spacial score (nSPS) is 17.3. The fourth-order valence-corrected chi connectivity index (χ4v) is 4.58. The molecule has 1 unspecified atom stereocenters. The summed E-state index contributed by atoms with van der Waals surface area (Å²) in [6, 6.07) is 10.4. The van der Waals surface area contributed by atoms with E-state index in [1.807, 2.05) is 12.1 Å². The molecule has 1 heterocycles. The summed E-state index contributed by atoms with van der Waals surface area (Å²) < 4.78 is 11.1. The zero-order valence-corrected chi connectivity index (χ0v) is 16.5. The van der Waals surface area contributed by atoms with Crippen molar-refractivity contribution in [1.29, 1.82) is 0 Å². The van der Waals surface area contributed by atoms with Gasteiger partial charge < -0.3 is 14.6 Å². The van der Waals surface area contributed by atoms with Gasteiger partial charge in [0.15, 0.2) is 11.5 Å². The minimum atomic E-state index is 0.285. The van der Waals surface area contributed by atoms with E-state index in [4.69, 9.17) is 9.47 Å². The van der Waals surface area contributed by atoms with Crippen molar-refractivity contribution >= 4 is 21.5 Å². The number of benzene rings is 3. The van der Waals surface area contributed by atoms with Gasteiger partial charge in [-0.15, -0.1) is 0 Å². The maximum absolute atomic E-state index is 10.1. The molecule has 3 aromatic rings. The number of aromatic hydroxyl groups is 1. The first-order chi connectivity index (χ1) is 13.1. The standard InChI is InChI=1S/C23H27NO3/c1-5-14-9-17-19-11-22(26-3)23(27-4)12-20(19)18-10-15(25)7-8-16(18)21(17)13-24(14)6-2/h7-8,10-12,14,25H,5-6,9,13H2,1-4H3. The third-order valence-corrected chi connectivity index (χ3v) is 6.03. The fraction of sp³-hybridized carbons (Fsp3) is 0.391. The SMILES string of the molecule is CCC1Cc2c(c3ccc(O)cc3c3cc(OC)c(OC)cc23)CN1CC. The molecule has 0 fully saturated rings. The lowest BCUT2D eigenvalue weighted by atomic mass is 9.84. The van der Waals surface area contributed by atoms with Crippen LogP contribution in [0.4, 0.5) is 0 Å². The number of ether oxygens (including phenoxy) is 2. The van der Waals surface area contributed by atoms with Gasteiger partial charge in [-0.3, -0.25) is 4.90 Å². The molecule has 3 aromatic carbocycles. The monoisotopic (exact) mass is 365 g/mol. The first-order valence-electron chi connectivity index (χ1n) is 9.67. The second kappa shape index (κ2) is 6.93. The second-order valence-electron chi connectivity index (χ2n) is 7.27. The van der Waals surface area contributed by atoms with E-state index in [-0.39, 0.29) is 5.75 Å². The quantitative estimate of drug-likeness (QED) is 0.670. The van der Waals surface area contributed by atoms with Gasteiger partial charge in [-0.25, -0.2) is 0 Å². The molecule has 4 nitrogen and oxygen atoms in total. The number of rotatable bonds is 4. The van der Waals surface area contributed by atoms with Crippen LogP contribution in [0, 0.1) is 0 Å². The van der Waals surface area contributed by atoms with E-state index < -0.39 is 0 Å². The highest BCUT2D eigenvalue weighted by Gasteiger charge is 2.28. The Kier molecular flexibility index (Phi) is 4.60. The van der Waals surface area contributed by atoms with Gasteiger partial charge in [0, 0.05) is 12.6 Å². The van der Waals surface area contributed by atoms with Gasteiger partial charge in [0.25, 0.3) is 0 Å². The summed E-state index contributed by atoms with van der Waals surface area (Å²) in [6.07, 6.45) is 2.16. The summed E-state index contributed by atoms with van der Waals surface area (Å²) in [5.74, 6) is 1.75. The topological polar surface area (TPSA) is 41.9 Å². The smallest absolute Gasteiger partial charge is 0.161 e. The van der Waals surface area contributed by atoms with E-state index in [9.17, 15) is 5.11 Å². The predicted octanol–water partition coefficient (Wildman–Crippen LogP) is 4.87. The number of fused-ring (bicyclic) bond motifs is 6. The molecular weight excluding hydrogens is 338 g/mol. The van der Waals surface area contributed by atoms with Gasteiger partial charge in [-0.1, -0.05) is 19.9 Å². The third-order valence-electron chi connectivity index (χ3n) is 6.03. The van der Waals surface area contributed by atoms with Crippen LogP contribution in [0.15, 0.2) is 30.3 Å². The van der Waals surface area contributed by atoms with E-state index in [0.29, 0.717) is 11.8 Å². The number of phenolic OH excluding ortho intramolecular Hbond substituents is 1. The predicted molar refractivity (Wildman–Crippen MR) is 110 cm³/mol. The highest BCUT2D eigenvalue weighted by molar-refractivity contribution is 6.12. The summed E-state index contributed by atoms with van der Waals surface area (Å²) in [5.41, 5.74) is 2.77. The van der Waals surface area contributed by atoms with E-state index in [2.05, 4.69) is 30.9 Å². The molecule has 0 aromatic heterocycles. The Balaban J connectivity index is 2.11. The molecule has 0 saturated carbocycles. The lowest BCUT2D eigenvalue weighted by Crippen LogP contribution is -2.39. The number of phenols is 1. The highest BCUT2D eigenvalue weighted by Crippen LogP contribution is 2.43. The minimum absolute atomic E-state index is 0.285. The summed E-state index contributed by atoms with van der Waals surface area (Å²) >= 11 is 0. The van der Waals surface area contributed by atoms with Crippen molar-refractivity contribution in [1.82, 2.24) is 4.90 Å². The zero-order chi connectivity index (χ0) is 19.1. The van der Waals surface area contributed by atoms with Crippen LogP contribution in [0.3, 0.4) is 0 Å². The molecule has 4 rings (SSSR count). The average Bonchev–Trinajstić information content (AvgIpc) is 2.71. The van der Waals surface area contributed by atoms with Crippen molar-refractivity contribution in [3.8, 4) is 17.2 Å². The van der Waals surface area contributed by atoms with E-state index in [1.54, 1.807) is 20.3 Å². The van der Waals surface area contributed by atoms with E-state index in [0.717, 1.165) is 42.5 Å². The van der Waals surface area contributed by atoms with Crippen molar-refractivity contribution < 1.29 is 14.6 Å². The van der Waals surface area contributed by atoms with Crippen molar-refractivity contribution in [2.45, 2.75) is 39.3 Å². The molecule has 0 radical (unpaired) electrons. The molecule has 1 aliphatic heterocycles. The van der Waals surface area contributed by atoms with Crippen molar-refractivity contribution in [2.75, 3.05) is 20.8 Å². The molecule has 1 aliphatic rings. The van der Waals surface area contributed by atoms with Gasteiger partial charge in [0.1, 0.15) is 5.75 Å². The average molecular weight is 365 g/mol. The lowest BCUT2D eigenvalue weighted by Gasteiger charge is -2.37. The minimum Gasteiger partial charge on any atom is -0.508 e. The number of nitrogens with zero attached hydrogens (tertiary/aromatic N) is 1. The van der Waals surface area contributed by atoms with E-state index in [1.165, 1.54) is 21.9 Å². The molecule has 27 heavy (non-hydrogen) atoms. The van der Waals surface area contributed by atoms with Crippen LogP contribution in [-0.2, 0) is 13.0 Å². The Morgan fingerprint density at radius 1 is 0.926 bits per heavy atom. The third kappa shape index (κ3) is 2.79. The second-order valence-corrected chi connectivity index (χ2v) is 7.27. The van der Waals surface area contributed by atoms with Crippen molar-refractivity contribution in [2.24, 2.45) is 0 Å². The number of hydrogen-bond acceptors (Lipinski definition) is 4. The van der Waals surface area contributed by atoms with Gasteiger partial charge in [0.2, 0.25) is 0 Å². The van der Waals surface area contributed by atoms with Gasteiger partial charge >= 0.3 is 0 Å². The van der Waals surface area contributed by atoms with Crippen molar-refractivity contribution in [3.63, 3.8) is 0 Å². The lowest BCUT2D eigenvalue weighted by molar-refractivity contribution is 0.178. The Labute approximate surface area is 160 Å². The molecule has 0 bridgehead atoms. The molecule has 1 atom stereocenters. The van der Waals surface area contributed by atoms with Gasteiger partial charge in [-0.2, -0.15) is 0 Å². The highest BCUT2D eigenvalue weighted by atomic mass is 16.5. The molecule has 142 valence electrons. The number of methoxy groups -OCH3 is 2. The summed E-state index contributed by atoms with van der Waals surface area (Å²) in [7, 11) is 3.34. The van der Waals surface area contributed by atoms with Crippen LogP contribution >= 0.6 is 0 Å². The summed E-state index contributed by atoms with van der Waals surface area (Å²) in [5, 5.41) is 14.7. The Hall–Kier alpha value is -2.46. The molecule has 0 spiro atoms. The molecular formula is C23H27NO3. The first-order valence-corrected chi connectivity index (χ1v) is 9.67. The zero-order valence-electron chi connectivity index (χ0n) is 16.5. The molecule has 1 N–H and O–H groups in total. The maximum Gasteiger partial charge on any atom is 0.161 e. The molecule has 4 heteroatoms. The van der Waals surface area contributed by atoms with Crippen LogP contribution in [-0.4, -0.2) is 36.8 Å². The van der Waals surface area contributed by atoms with E-state index >= 15 is 0 Å². The molecule has 0 saturated heterocycles. The molecule has 0 aliphatic carbocycles. The summed E-state index contributed by atoms with van der Waals surface area (Å²) in [6.45, 7) is 6.48. The first kappa shape index (κ1) is 17.9. The fourth-order valence-electron chi connectivity index (χ4n) is 4.58. The molecule has 0 amide bonds. The summed E-state index contributed by atoms with van der Waals surface area (Å²) in [4.78, 5) is 2.56. The van der Waals surface area contributed by atoms with Crippen LogP contribution in [0.5, 0.6) is 17.2 Å². The van der Waals surface area contributed by atoms with Gasteiger partial charge in [0.05, 0.1) is 14.2 Å². The largest absolute Gasteiger partial charge is 0.508 e. The maximum atomic E-state index is 10.1. The van der Waals surface area contributed by atoms with Crippen LogP contribution in [0.25, 0.3) is 21.5 Å². The van der Waals surface area contributed by atoms with Crippen LogP contribution < -0.4 is 9.47 Å². The van der Waals surface area contributed by atoms with Crippen LogP contribution in [0.1, 0.15) is 31.4 Å². The Bertz CT molecular complexity index is 1010. The Morgan fingerprint density at radius 2 is 1.59 bits per heavy atom. The number of hydrogen-bond donors (Lipinski definition) is 1. The number of likely N-dealkylation sites (N-methyl/N-ethyl adjacent to an activating group) is 1.